The first-order valence-corrected chi connectivity index (χ1v) is 6.21. The zero-order valence-corrected chi connectivity index (χ0v) is 11.1. The average Bonchev–Trinajstić information content (AvgIpc) is 2.43. The molecule has 0 radical (unpaired) electrons. The molecule has 0 spiro atoms. The number of aryl methyl sites for hydroxylation is 1. The highest BCUT2D eigenvalue weighted by atomic mass is 16.6. The molecule has 0 fully saturated rings. The van der Waals surface area contributed by atoms with E-state index in [1.807, 2.05) is 32.0 Å². The van der Waals surface area contributed by atoms with Crippen LogP contribution >= 0.6 is 0 Å². The Morgan fingerprint density at radius 2 is 1.79 bits per heavy atom. The molecule has 0 N–H and O–H groups in total. The lowest BCUT2D eigenvalue weighted by Crippen LogP contribution is -2.09. The first kappa shape index (κ1) is 13.1. The molecule has 0 aliphatic rings. The van der Waals surface area contributed by atoms with Gasteiger partial charge in [0.15, 0.2) is 11.5 Å². The van der Waals surface area contributed by atoms with E-state index in [2.05, 4.69) is 0 Å². The Balaban J connectivity index is 2.21. The Hall–Kier alpha value is -2.29. The van der Waals surface area contributed by atoms with E-state index in [0.717, 1.165) is 5.56 Å². The molecule has 0 aromatic heterocycles. The van der Waals surface area contributed by atoms with E-state index in [1.54, 1.807) is 30.3 Å². The van der Waals surface area contributed by atoms with Gasteiger partial charge in [-0.15, -0.1) is 0 Å². The molecule has 0 saturated carbocycles. The second-order valence-electron chi connectivity index (χ2n) is 4.14. The van der Waals surface area contributed by atoms with Crippen molar-refractivity contribution in [3.8, 4) is 11.5 Å². The molecule has 0 atom stereocenters. The normalized spacial score (nSPS) is 10.0. The predicted molar refractivity (Wildman–Crippen MR) is 73.7 cm³/mol. The predicted octanol–water partition coefficient (Wildman–Crippen LogP) is 3.61. The molecule has 3 heteroatoms. The van der Waals surface area contributed by atoms with E-state index in [9.17, 15) is 4.79 Å². The molecular formula is C16H16O3. The standard InChI is InChI=1S/C16H16O3/c1-3-18-15-11-12(2)9-10-14(15)19-16(17)13-7-5-4-6-8-13/h4-11H,3H2,1-2H3. The van der Waals surface area contributed by atoms with Crippen molar-refractivity contribution < 1.29 is 14.3 Å². The number of carbonyl (C=O) groups excluding carboxylic acids is 1. The smallest absolute Gasteiger partial charge is 0.343 e. The first-order chi connectivity index (χ1) is 9.20. The first-order valence-electron chi connectivity index (χ1n) is 6.21. The van der Waals surface area contributed by atoms with Crippen LogP contribution in [0.1, 0.15) is 22.8 Å². The molecule has 0 unspecified atom stereocenters. The summed E-state index contributed by atoms with van der Waals surface area (Å²) in [6.07, 6.45) is 0. The van der Waals surface area contributed by atoms with Gasteiger partial charge in [0.05, 0.1) is 12.2 Å². The summed E-state index contributed by atoms with van der Waals surface area (Å²) in [7, 11) is 0. The molecule has 0 saturated heterocycles. The lowest BCUT2D eigenvalue weighted by atomic mass is 10.2. The lowest BCUT2D eigenvalue weighted by molar-refractivity contribution is 0.0728. The number of esters is 1. The third kappa shape index (κ3) is 3.35. The van der Waals surface area contributed by atoms with Gasteiger partial charge in [0, 0.05) is 0 Å². The monoisotopic (exact) mass is 256 g/mol. The molecule has 0 amide bonds. The van der Waals surface area contributed by atoms with Crippen molar-refractivity contribution in [2.75, 3.05) is 6.61 Å². The van der Waals surface area contributed by atoms with Crippen LogP contribution in [-0.2, 0) is 0 Å². The molecule has 2 rings (SSSR count). The van der Waals surface area contributed by atoms with Crippen LogP contribution < -0.4 is 9.47 Å². The number of benzene rings is 2. The van der Waals surface area contributed by atoms with Crippen molar-refractivity contribution in [2.24, 2.45) is 0 Å². The van der Waals surface area contributed by atoms with Crippen LogP contribution in [0.2, 0.25) is 0 Å². The van der Waals surface area contributed by atoms with E-state index in [-0.39, 0.29) is 5.97 Å². The number of ether oxygens (including phenoxy) is 2. The summed E-state index contributed by atoms with van der Waals surface area (Å²) in [5.74, 6) is 0.651. The van der Waals surface area contributed by atoms with Crippen LogP contribution in [0.3, 0.4) is 0 Å². The van der Waals surface area contributed by atoms with Gasteiger partial charge in [0.2, 0.25) is 0 Å². The number of carbonyl (C=O) groups is 1. The molecular weight excluding hydrogens is 240 g/mol. The van der Waals surface area contributed by atoms with Gasteiger partial charge in [-0.3, -0.25) is 0 Å². The fourth-order valence-corrected chi connectivity index (χ4v) is 1.70. The van der Waals surface area contributed by atoms with Gasteiger partial charge in [0.25, 0.3) is 0 Å². The SMILES string of the molecule is CCOc1cc(C)ccc1OC(=O)c1ccccc1. The summed E-state index contributed by atoms with van der Waals surface area (Å²) in [5.41, 5.74) is 1.58. The summed E-state index contributed by atoms with van der Waals surface area (Å²) in [6.45, 7) is 4.38. The van der Waals surface area contributed by atoms with Gasteiger partial charge in [0.1, 0.15) is 0 Å². The van der Waals surface area contributed by atoms with Crippen molar-refractivity contribution in [3.63, 3.8) is 0 Å². The molecule has 0 bridgehead atoms. The third-order valence-electron chi connectivity index (χ3n) is 2.61. The summed E-state index contributed by atoms with van der Waals surface area (Å²) < 4.78 is 10.9. The van der Waals surface area contributed by atoms with Crippen molar-refractivity contribution in [2.45, 2.75) is 13.8 Å². The topological polar surface area (TPSA) is 35.5 Å². The maximum Gasteiger partial charge on any atom is 0.343 e. The number of rotatable bonds is 4. The van der Waals surface area contributed by atoms with Gasteiger partial charge in [-0.1, -0.05) is 24.3 Å². The zero-order valence-electron chi connectivity index (χ0n) is 11.1. The molecule has 0 heterocycles. The highest BCUT2D eigenvalue weighted by Crippen LogP contribution is 2.28. The Kier molecular flexibility index (Phi) is 4.18. The van der Waals surface area contributed by atoms with Crippen molar-refractivity contribution in [1.29, 1.82) is 0 Å². The van der Waals surface area contributed by atoms with Crippen molar-refractivity contribution in [3.05, 3.63) is 59.7 Å². The van der Waals surface area contributed by atoms with Gasteiger partial charge >= 0.3 is 5.97 Å². The summed E-state index contributed by atoms with van der Waals surface area (Å²) >= 11 is 0. The quantitative estimate of drug-likeness (QED) is 0.619. The Morgan fingerprint density at radius 1 is 1.05 bits per heavy atom. The molecule has 3 nitrogen and oxygen atoms in total. The molecule has 19 heavy (non-hydrogen) atoms. The minimum atomic E-state index is -0.384. The van der Waals surface area contributed by atoms with Crippen LogP contribution in [0.15, 0.2) is 48.5 Å². The maximum absolute atomic E-state index is 12.0. The van der Waals surface area contributed by atoms with Gasteiger partial charge in [-0.2, -0.15) is 0 Å². The van der Waals surface area contributed by atoms with Crippen LogP contribution in [0.25, 0.3) is 0 Å². The van der Waals surface area contributed by atoms with E-state index in [1.165, 1.54) is 0 Å². The summed E-state index contributed by atoms with van der Waals surface area (Å²) in [4.78, 5) is 12.0. The molecule has 2 aromatic carbocycles. The van der Waals surface area contributed by atoms with Crippen LogP contribution in [0.4, 0.5) is 0 Å². The Morgan fingerprint density at radius 3 is 2.47 bits per heavy atom. The third-order valence-corrected chi connectivity index (χ3v) is 2.61. The van der Waals surface area contributed by atoms with Crippen LogP contribution in [-0.4, -0.2) is 12.6 Å². The van der Waals surface area contributed by atoms with Crippen LogP contribution in [0.5, 0.6) is 11.5 Å². The fraction of sp³-hybridized carbons (Fsp3) is 0.188. The highest BCUT2D eigenvalue weighted by molar-refractivity contribution is 5.91. The fourth-order valence-electron chi connectivity index (χ4n) is 1.70. The number of hydrogen-bond acceptors (Lipinski definition) is 3. The molecule has 2 aromatic rings. The van der Waals surface area contributed by atoms with E-state index < -0.39 is 0 Å². The second kappa shape index (κ2) is 6.05. The Bertz CT molecular complexity index is 561. The molecule has 0 aliphatic carbocycles. The van der Waals surface area contributed by atoms with E-state index in [4.69, 9.17) is 9.47 Å². The minimum Gasteiger partial charge on any atom is -0.490 e. The summed E-state index contributed by atoms with van der Waals surface area (Å²) in [5, 5.41) is 0. The van der Waals surface area contributed by atoms with Gasteiger partial charge in [-0.25, -0.2) is 4.79 Å². The number of hydrogen-bond donors (Lipinski definition) is 0. The minimum absolute atomic E-state index is 0.384. The molecule has 0 aliphatic heterocycles. The van der Waals surface area contributed by atoms with E-state index >= 15 is 0 Å². The largest absolute Gasteiger partial charge is 0.490 e. The second-order valence-corrected chi connectivity index (χ2v) is 4.14. The molecule has 98 valence electrons. The average molecular weight is 256 g/mol. The van der Waals surface area contributed by atoms with Gasteiger partial charge in [-0.05, 0) is 43.7 Å². The lowest BCUT2D eigenvalue weighted by Gasteiger charge is -2.11. The maximum atomic E-state index is 12.0. The zero-order chi connectivity index (χ0) is 13.7. The Labute approximate surface area is 112 Å². The van der Waals surface area contributed by atoms with E-state index in [0.29, 0.717) is 23.7 Å². The summed E-state index contributed by atoms with van der Waals surface area (Å²) in [6, 6.07) is 14.4. The van der Waals surface area contributed by atoms with Gasteiger partial charge < -0.3 is 9.47 Å². The van der Waals surface area contributed by atoms with Crippen LogP contribution in [0, 0.1) is 6.92 Å². The van der Waals surface area contributed by atoms with Crippen molar-refractivity contribution >= 4 is 5.97 Å². The highest BCUT2D eigenvalue weighted by Gasteiger charge is 2.12. The van der Waals surface area contributed by atoms with Crippen molar-refractivity contribution in [1.82, 2.24) is 0 Å².